The van der Waals surface area contributed by atoms with Gasteiger partial charge in [-0.2, -0.15) is 0 Å². The summed E-state index contributed by atoms with van der Waals surface area (Å²) in [5.41, 5.74) is 5.31. The molecule has 0 fully saturated rings. The van der Waals surface area contributed by atoms with Crippen molar-refractivity contribution in [2.24, 2.45) is 0 Å². The summed E-state index contributed by atoms with van der Waals surface area (Å²) < 4.78 is 23.3. The number of unbranched alkanes of at least 4 members (excludes halogenated alkanes) is 1. The van der Waals surface area contributed by atoms with Gasteiger partial charge in [0.2, 0.25) is 0 Å². The fourth-order valence-corrected chi connectivity index (χ4v) is 1.33. The number of anilines is 1. The molecule has 1 aromatic rings. The summed E-state index contributed by atoms with van der Waals surface area (Å²) in [5, 5.41) is 0. The summed E-state index contributed by atoms with van der Waals surface area (Å²) >= 11 is 0. The Balaban J connectivity index is 2.35. The number of carbonyl (C=O) groups excluding carboxylic acids is 1. The maximum absolute atomic E-state index is 13.1. The molecule has 0 atom stereocenters. The van der Waals surface area contributed by atoms with Crippen molar-refractivity contribution in [1.82, 2.24) is 0 Å². The molecular weight excluding hydrogens is 237 g/mol. The largest absolute Gasteiger partial charge is 0.460 e. The number of halogens is 1. The molecule has 0 heterocycles. The lowest BCUT2D eigenvalue weighted by molar-refractivity contribution is 0.0314. The second-order valence-corrected chi connectivity index (χ2v) is 3.80. The van der Waals surface area contributed by atoms with Crippen molar-refractivity contribution >= 4 is 11.7 Å². The predicted octanol–water partition coefficient (Wildman–Crippen LogP) is 2.38. The van der Waals surface area contributed by atoms with Gasteiger partial charge in [0.05, 0.1) is 17.9 Å². The van der Waals surface area contributed by atoms with Crippen LogP contribution in [-0.2, 0) is 9.47 Å². The highest BCUT2D eigenvalue weighted by Gasteiger charge is 2.13. The van der Waals surface area contributed by atoms with Crippen molar-refractivity contribution < 1.29 is 18.7 Å². The molecule has 0 aliphatic carbocycles. The minimum Gasteiger partial charge on any atom is -0.460 e. The van der Waals surface area contributed by atoms with Gasteiger partial charge in [-0.05, 0) is 18.6 Å². The van der Waals surface area contributed by atoms with E-state index in [9.17, 15) is 9.18 Å². The van der Waals surface area contributed by atoms with Gasteiger partial charge in [-0.15, -0.1) is 0 Å². The molecule has 0 aliphatic heterocycles. The average molecular weight is 255 g/mol. The first-order valence-corrected chi connectivity index (χ1v) is 5.95. The molecule has 0 aliphatic rings. The van der Waals surface area contributed by atoms with E-state index in [1.807, 2.05) is 0 Å². The maximum atomic E-state index is 13.1. The number of nitrogens with two attached hydrogens (primary N) is 1. The average Bonchev–Trinajstić information content (AvgIpc) is 2.36. The van der Waals surface area contributed by atoms with Crippen LogP contribution in [0, 0.1) is 5.82 Å². The van der Waals surface area contributed by atoms with Gasteiger partial charge < -0.3 is 15.2 Å². The summed E-state index contributed by atoms with van der Waals surface area (Å²) in [6.45, 7) is 3.19. The van der Waals surface area contributed by atoms with E-state index >= 15 is 0 Å². The van der Waals surface area contributed by atoms with E-state index in [0.717, 1.165) is 12.8 Å². The number of hydrogen-bond acceptors (Lipinski definition) is 4. The Hall–Kier alpha value is -1.62. The molecule has 5 heteroatoms. The third kappa shape index (κ3) is 4.33. The number of rotatable bonds is 7. The first-order chi connectivity index (χ1) is 8.66. The third-order valence-electron chi connectivity index (χ3n) is 2.38. The second-order valence-electron chi connectivity index (χ2n) is 3.80. The molecule has 2 N–H and O–H groups in total. The molecule has 4 nitrogen and oxygen atoms in total. The first-order valence-electron chi connectivity index (χ1n) is 5.95. The molecule has 0 spiro atoms. The number of esters is 1. The zero-order chi connectivity index (χ0) is 13.4. The summed E-state index contributed by atoms with van der Waals surface area (Å²) in [4.78, 5) is 11.6. The van der Waals surface area contributed by atoms with Crippen molar-refractivity contribution in [2.75, 3.05) is 25.6 Å². The van der Waals surface area contributed by atoms with E-state index in [0.29, 0.717) is 13.2 Å². The van der Waals surface area contributed by atoms with Gasteiger partial charge >= 0.3 is 5.97 Å². The number of nitrogen functional groups attached to an aromatic ring is 1. The van der Waals surface area contributed by atoms with Gasteiger partial charge in [0.25, 0.3) is 0 Å². The summed E-state index contributed by atoms with van der Waals surface area (Å²) in [7, 11) is 0. The van der Waals surface area contributed by atoms with Crippen molar-refractivity contribution in [1.29, 1.82) is 0 Å². The van der Waals surface area contributed by atoms with E-state index in [1.54, 1.807) is 0 Å². The van der Waals surface area contributed by atoms with E-state index in [4.69, 9.17) is 15.2 Å². The van der Waals surface area contributed by atoms with E-state index in [2.05, 4.69) is 6.92 Å². The molecule has 0 bridgehead atoms. The number of benzene rings is 1. The maximum Gasteiger partial charge on any atom is 0.340 e. The molecule has 0 aromatic heterocycles. The van der Waals surface area contributed by atoms with Crippen molar-refractivity contribution in [3.05, 3.63) is 29.6 Å². The predicted molar refractivity (Wildman–Crippen MR) is 66.8 cm³/mol. The number of para-hydroxylation sites is 1. The van der Waals surface area contributed by atoms with Crippen LogP contribution in [0.1, 0.15) is 30.1 Å². The molecule has 100 valence electrons. The summed E-state index contributed by atoms with van der Waals surface area (Å²) in [5.74, 6) is -1.25. The molecule has 1 rings (SSSR count). The molecule has 0 unspecified atom stereocenters. The van der Waals surface area contributed by atoms with E-state index < -0.39 is 11.8 Å². The molecular formula is C13H18FNO3. The topological polar surface area (TPSA) is 61.5 Å². The zero-order valence-corrected chi connectivity index (χ0v) is 10.4. The van der Waals surface area contributed by atoms with Crippen LogP contribution in [0.5, 0.6) is 0 Å². The minimum atomic E-state index is -0.633. The van der Waals surface area contributed by atoms with Gasteiger partial charge in [-0.1, -0.05) is 19.4 Å². The van der Waals surface area contributed by atoms with Crippen LogP contribution >= 0.6 is 0 Å². The van der Waals surface area contributed by atoms with Gasteiger partial charge in [0, 0.05) is 6.61 Å². The van der Waals surface area contributed by atoms with Crippen molar-refractivity contribution in [2.45, 2.75) is 19.8 Å². The van der Waals surface area contributed by atoms with Crippen LogP contribution in [0.3, 0.4) is 0 Å². The number of ether oxygens (including phenoxy) is 2. The van der Waals surface area contributed by atoms with Crippen LogP contribution in [0.25, 0.3) is 0 Å². The van der Waals surface area contributed by atoms with Gasteiger partial charge in [-0.25, -0.2) is 9.18 Å². The van der Waals surface area contributed by atoms with Crippen LogP contribution in [-0.4, -0.2) is 25.8 Å². The van der Waals surface area contributed by atoms with Gasteiger partial charge in [0.15, 0.2) is 0 Å². The Morgan fingerprint density at radius 2 is 2.11 bits per heavy atom. The highest BCUT2D eigenvalue weighted by atomic mass is 19.1. The van der Waals surface area contributed by atoms with E-state index in [-0.39, 0.29) is 17.9 Å². The Labute approximate surface area is 106 Å². The van der Waals surface area contributed by atoms with Crippen LogP contribution in [0.15, 0.2) is 18.2 Å². The fraction of sp³-hybridized carbons (Fsp3) is 0.462. The van der Waals surface area contributed by atoms with E-state index in [1.165, 1.54) is 18.2 Å². The summed E-state index contributed by atoms with van der Waals surface area (Å²) in [6, 6.07) is 4.04. The van der Waals surface area contributed by atoms with Crippen LogP contribution in [0.4, 0.5) is 10.1 Å². The molecule has 0 saturated heterocycles. The Bertz CT molecular complexity index is 396. The fourth-order valence-electron chi connectivity index (χ4n) is 1.33. The molecule has 0 amide bonds. The second kappa shape index (κ2) is 7.66. The SMILES string of the molecule is CCCCOCCOC(=O)c1cccc(F)c1N. The van der Waals surface area contributed by atoms with Crippen molar-refractivity contribution in [3.8, 4) is 0 Å². The lowest BCUT2D eigenvalue weighted by Crippen LogP contribution is -2.13. The standard InChI is InChI=1S/C13H18FNO3/c1-2-3-7-17-8-9-18-13(16)10-5-4-6-11(14)12(10)15/h4-6H,2-3,7-9,15H2,1H3. The first kappa shape index (κ1) is 14.4. The quantitative estimate of drug-likeness (QED) is 0.461. The molecule has 0 radical (unpaired) electrons. The van der Waals surface area contributed by atoms with Gasteiger partial charge in [0.1, 0.15) is 12.4 Å². The van der Waals surface area contributed by atoms with Crippen molar-refractivity contribution in [3.63, 3.8) is 0 Å². The Kier molecular flexibility index (Phi) is 6.14. The number of hydrogen-bond donors (Lipinski definition) is 1. The lowest BCUT2D eigenvalue weighted by Gasteiger charge is -2.07. The third-order valence-corrected chi connectivity index (χ3v) is 2.38. The normalized spacial score (nSPS) is 10.3. The zero-order valence-electron chi connectivity index (χ0n) is 10.4. The van der Waals surface area contributed by atoms with Gasteiger partial charge in [-0.3, -0.25) is 0 Å². The minimum absolute atomic E-state index is 0.0450. The number of carbonyl (C=O) groups is 1. The van der Waals surface area contributed by atoms with Crippen LogP contribution < -0.4 is 5.73 Å². The smallest absolute Gasteiger partial charge is 0.340 e. The Morgan fingerprint density at radius 1 is 1.33 bits per heavy atom. The Morgan fingerprint density at radius 3 is 2.83 bits per heavy atom. The molecule has 1 aromatic carbocycles. The molecule has 0 saturated carbocycles. The summed E-state index contributed by atoms with van der Waals surface area (Å²) in [6.07, 6.45) is 2.03. The highest BCUT2D eigenvalue weighted by molar-refractivity contribution is 5.95. The lowest BCUT2D eigenvalue weighted by atomic mass is 10.2. The monoisotopic (exact) mass is 255 g/mol. The molecule has 18 heavy (non-hydrogen) atoms. The highest BCUT2D eigenvalue weighted by Crippen LogP contribution is 2.16. The van der Waals surface area contributed by atoms with Crippen LogP contribution in [0.2, 0.25) is 0 Å².